The summed E-state index contributed by atoms with van der Waals surface area (Å²) in [6, 6.07) is 0. The van der Waals surface area contributed by atoms with E-state index in [9.17, 15) is 51.7 Å². The number of nitrogen functional groups attached to an aromatic ring is 1. The average molecular weight is 835 g/mol. The van der Waals surface area contributed by atoms with Gasteiger partial charge in [0.1, 0.15) is 12.2 Å². The van der Waals surface area contributed by atoms with Gasteiger partial charge in [0.25, 0.3) is 11.1 Å². The van der Waals surface area contributed by atoms with Crippen LogP contribution in [0.25, 0.3) is 22.3 Å². The van der Waals surface area contributed by atoms with Crippen LogP contribution in [-0.2, 0) is 28.6 Å². The number of hydrogen-bond acceptors (Lipinski definition) is 17. The highest BCUT2D eigenvalue weighted by molar-refractivity contribution is 5.91. The lowest BCUT2D eigenvalue weighted by atomic mass is 10.1. The number of nitrogens with two attached hydrogens (primary N) is 1. The molecule has 4 aromatic rings. The van der Waals surface area contributed by atoms with E-state index in [0.717, 1.165) is 21.8 Å². The van der Waals surface area contributed by atoms with Crippen LogP contribution in [-0.4, -0.2) is 127 Å². The summed E-state index contributed by atoms with van der Waals surface area (Å²) >= 11 is 0. The number of nitrogens with zero attached hydrogens (tertiary/aromatic N) is 6. The van der Waals surface area contributed by atoms with Crippen LogP contribution in [0, 0.1) is 17.8 Å². The number of carbonyl (C=O) groups is 3. The second-order valence-electron chi connectivity index (χ2n) is 13.8. The number of ether oxygens (including phenoxy) is 3. The molecule has 22 nitrogen and oxygen atoms in total. The number of anilines is 2. The Hall–Kier alpha value is -5.41. The number of esters is 2. The van der Waals surface area contributed by atoms with Crippen molar-refractivity contribution in [2.45, 2.75) is 90.3 Å². The summed E-state index contributed by atoms with van der Waals surface area (Å²) in [5.74, 6) is -9.96. The second kappa shape index (κ2) is 17.6. The molecule has 6 rings (SSSR count). The third-order valence-corrected chi connectivity index (χ3v) is 8.47. The summed E-state index contributed by atoms with van der Waals surface area (Å²) in [5, 5.41) is 39.9. The van der Waals surface area contributed by atoms with Gasteiger partial charge >= 0.3 is 23.8 Å². The van der Waals surface area contributed by atoms with Crippen molar-refractivity contribution in [2.24, 2.45) is 17.8 Å². The Morgan fingerprint density at radius 3 is 1.59 bits per heavy atom. The van der Waals surface area contributed by atoms with Crippen molar-refractivity contribution in [3.8, 4) is 0 Å². The molecular weight excluding hydrogens is 792 g/mol. The van der Waals surface area contributed by atoms with E-state index in [2.05, 4.69) is 40.0 Å². The van der Waals surface area contributed by atoms with Crippen LogP contribution in [0.5, 0.6) is 0 Å². The molecule has 4 aromatic heterocycles. The number of hydrogen-bond donors (Lipinski definition) is 8. The molecule has 2 aliphatic heterocycles. The third kappa shape index (κ3) is 9.15. The van der Waals surface area contributed by atoms with Crippen LogP contribution in [0.1, 0.15) is 54.0 Å². The van der Waals surface area contributed by atoms with Crippen LogP contribution in [0.4, 0.5) is 29.5 Å². The number of halogens is 4. The molecule has 0 aromatic carbocycles. The standard InChI is InChI=1S/C14H17F2N5O5.C10H11F2N5O4.C8H14O3/c1-5(2)10(24)19-13-18-9-7(11(25)20-13)17-4-21(9)12-8(23)14(15,16)6(3-22)26-12;11-10(12)3(1-18)21-8(5(10)19)17-2-14-4-6(17)15-9(13)16-7(4)20;1-5(2)7(9)11-8(10)6(3)4/h4-6,8,12,22-23H,3H2,1-2H3,(H2,18,19,20,24,25);2-3,5,8,18-19H,1H2,(H3,13,15,16,20);5-6H,1-4H3/t6-,8+,12-;3-,5+,8-;/m11./s1. The van der Waals surface area contributed by atoms with Gasteiger partial charge in [0.15, 0.2) is 47.0 Å². The van der Waals surface area contributed by atoms with Crippen molar-refractivity contribution in [1.82, 2.24) is 39.0 Å². The van der Waals surface area contributed by atoms with Gasteiger partial charge in [-0.15, -0.1) is 0 Å². The maximum Gasteiger partial charge on any atom is 0.316 e. The Kier molecular flexibility index (Phi) is 13.8. The third-order valence-electron chi connectivity index (χ3n) is 8.47. The van der Waals surface area contributed by atoms with Gasteiger partial charge < -0.3 is 40.4 Å². The van der Waals surface area contributed by atoms with Crippen LogP contribution in [0.15, 0.2) is 22.2 Å². The van der Waals surface area contributed by atoms with Crippen molar-refractivity contribution in [3.05, 3.63) is 33.4 Å². The maximum absolute atomic E-state index is 14.0. The lowest BCUT2D eigenvalue weighted by Crippen LogP contribution is -2.40. The summed E-state index contributed by atoms with van der Waals surface area (Å²) in [6.45, 7) is 8.06. The first kappa shape index (κ1) is 45.3. The van der Waals surface area contributed by atoms with Gasteiger partial charge in [-0.05, 0) is 0 Å². The first-order valence-electron chi connectivity index (χ1n) is 17.4. The molecule has 2 fully saturated rings. The van der Waals surface area contributed by atoms with E-state index >= 15 is 0 Å². The van der Waals surface area contributed by atoms with Gasteiger partial charge in [-0.3, -0.25) is 48.4 Å². The van der Waals surface area contributed by atoms with Gasteiger partial charge in [-0.2, -0.15) is 9.97 Å². The zero-order valence-corrected chi connectivity index (χ0v) is 31.6. The smallest absolute Gasteiger partial charge is 0.316 e. The zero-order valence-electron chi connectivity index (χ0n) is 31.6. The number of fused-ring (bicyclic) bond motifs is 2. The maximum atomic E-state index is 14.0. The number of rotatable bonds is 8. The Balaban J connectivity index is 0.000000209. The molecule has 9 N–H and O–H groups in total. The number of aromatic amines is 2. The van der Waals surface area contributed by atoms with Crippen molar-refractivity contribution < 1.29 is 66.6 Å². The largest absolute Gasteiger partial charge is 0.393 e. The predicted octanol–water partition coefficient (Wildman–Crippen LogP) is -0.444. The fraction of sp³-hybridized carbons (Fsp3) is 0.594. The van der Waals surface area contributed by atoms with Gasteiger partial charge in [-0.1, -0.05) is 41.5 Å². The van der Waals surface area contributed by atoms with E-state index in [0.29, 0.717) is 0 Å². The van der Waals surface area contributed by atoms with Crippen molar-refractivity contribution in [3.63, 3.8) is 0 Å². The van der Waals surface area contributed by atoms with E-state index < -0.39 is 90.9 Å². The van der Waals surface area contributed by atoms with E-state index in [1.54, 1.807) is 41.5 Å². The average Bonchev–Trinajstić information content (AvgIpc) is 3.87. The highest BCUT2D eigenvalue weighted by Gasteiger charge is 2.60. The number of amides is 1. The molecule has 320 valence electrons. The molecule has 6 heterocycles. The van der Waals surface area contributed by atoms with E-state index in [4.69, 9.17) is 25.4 Å². The first-order valence-corrected chi connectivity index (χ1v) is 17.4. The van der Waals surface area contributed by atoms with Gasteiger partial charge in [0.2, 0.25) is 17.8 Å². The Morgan fingerprint density at radius 2 is 1.21 bits per heavy atom. The van der Waals surface area contributed by atoms with E-state index in [1.807, 2.05) is 0 Å². The summed E-state index contributed by atoms with van der Waals surface area (Å²) in [4.78, 5) is 77.0. The molecule has 6 atom stereocenters. The monoisotopic (exact) mass is 834 g/mol. The lowest BCUT2D eigenvalue weighted by Gasteiger charge is -2.18. The quantitative estimate of drug-likeness (QED) is 0.0633. The molecule has 0 aliphatic carbocycles. The van der Waals surface area contributed by atoms with Gasteiger partial charge in [0, 0.05) is 5.92 Å². The molecule has 58 heavy (non-hydrogen) atoms. The molecule has 2 saturated heterocycles. The summed E-state index contributed by atoms with van der Waals surface area (Å²) in [7, 11) is 0. The predicted molar refractivity (Wildman–Crippen MR) is 189 cm³/mol. The molecule has 1 amide bonds. The molecule has 0 saturated carbocycles. The van der Waals surface area contributed by atoms with Crippen LogP contribution >= 0.6 is 0 Å². The Morgan fingerprint density at radius 1 is 0.793 bits per heavy atom. The van der Waals surface area contributed by atoms with Gasteiger partial charge in [-0.25, -0.2) is 27.5 Å². The number of alkyl halides is 4. The topological polar surface area (TPSA) is 325 Å². The highest BCUT2D eigenvalue weighted by Crippen LogP contribution is 2.42. The van der Waals surface area contributed by atoms with Crippen LogP contribution < -0.4 is 22.2 Å². The number of imidazole rings is 2. The molecule has 0 bridgehead atoms. The van der Waals surface area contributed by atoms with E-state index in [-0.39, 0.29) is 52.0 Å². The molecule has 0 spiro atoms. The minimum atomic E-state index is -3.70. The first-order chi connectivity index (χ1) is 27.0. The summed E-state index contributed by atoms with van der Waals surface area (Å²) in [5.41, 5.74) is 3.47. The molecule has 0 radical (unpaired) electrons. The molecule has 2 aliphatic rings. The number of aliphatic hydroxyl groups is 4. The molecule has 0 unspecified atom stereocenters. The van der Waals surface area contributed by atoms with Gasteiger partial charge in [0.05, 0.1) is 37.7 Å². The minimum absolute atomic E-state index is 0.102. The minimum Gasteiger partial charge on any atom is -0.393 e. The van der Waals surface area contributed by atoms with Crippen LogP contribution in [0.2, 0.25) is 0 Å². The fourth-order valence-corrected chi connectivity index (χ4v) is 5.09. The normalized spacial score (nSPS) is 23.5. The molecular formula is C32H42F4N10O12. The number of aromatic nitrogens is 8. The second-order valence-corrected chi connectivity index (χ2v) is 13.8. The zero-order chi connectivity index (χ0) is 43.6. The summed E-state index contributed by atoms with van der Waals surface area (Å²) in [6.07, 6.45) is -9.40. The lowest BCUT2D eigenvalue weighted by molar-refractivity contribution is -0.164. The van der Waals surface area contributed by atoms with Crippen LogP contribution in [0.3, 0.4) is 0 Å². The number of carbonyl (C=O) groups excluding carboxylic acids is 3. The molecule has 26 heteroatoms. The van der Waals surface area contributed by atoms with Crippen molar-refractivity contribution in [1.29, 1.82) is 0 Å². The highest BCUT2D eigenvalue weighted by atomic mass is 19.3. The number of aliphatic hydroxyl groups excluding tert-OH is 4. The number of H-pyrrole nitrogens is 2. The Labute approximate surface area is 323 Å². The summed E-state index contributed by atoms with van der Waals surface area (Å²) < 4.78 is 71.8. The number of nitrogens with one attached hydrogen (secondary N) is 3. The SMILES string of the molecule is CC(C)C(=O)Nc1nc2c(ncn2[C@@H]2O[C@H](CO)C(F)(F)[C@H]2O)c(=O)[nH]1.CC(C)C(=O)OC(=O)C(C)C.Nc1nc2c(ncn2[C@@H]2O[C@H](CO)C(F)(F)[C@H]2O)c(=O)[nH]1. The van der Waals surface area contributed by atoms with E-state index in [1.165, 1.54) is 0 Å². The van der Waals surface area contributed by atoms with Crippen molar-refractivity contribution in [2.75, 3.05) is 24.3 Å². The fourth-order valence-electron chi connectivity index (χ4n) is 5.09. The Bertz CT molecular complexity index is 2220. The van der Waals surface area contributed by atoms with Crippen molar-refractivity contribution >= 4 is 52.1 Å².